The van der Waals surface area contributed by atoms with E-state index in [9.17, 15) is 0 Å². The smallest absolute Gasteiger partial charge is 0.247 e. The number of rotatable bonds is 1. The van der Waals surface area contributed by atoms with Crippen molar-refractivity contribution in [2.45, 2.75) is 26.3 Å². The summed E-state index contributed by atoms with van der Waals surface area (Å²) in [5.74, 6) is 0.708. The van der Waals surface area contributed by atoms with Crippen LogP contribution in [0.15, 0.2) is 0 Å². The molecule has 0 aliphatic rings. The van der Waals surface area contributed by atoms with E-state index in [4.69, 9.17) is 4.74 Å². The lowest BCUT2D eigenvalue weighted by molar-refractivity contribution is 0.324. The summed E-state index contributed by atoms with van der Waals surface area (Å²) in [5, 5.41) is 4.38. The van der Waals surface area contributed by atoms with E-state index >= 15 is 0 Å². The van der Waals surface area contributed by atoms with Crippen molar-refractivity contribution in [1.82, 2.24) is 9.78 Å². The Morgan fingerprint density at radius 3 is 2.08 bits per heavy atom. The number of halogens is 2. The molecule has 0 N–H and O–H groups in total. The van der Waals surface area contributed by atoms with Crippen LogP contribution in [0.5, 0.6) is 5.88 Å². The molecule has 0 unspecified atom stereocenters. The fourth-order valence-electron chi connectivity index (χ4n) is 0.935. The number of hydrogen-bond acceptors (Lipinski definition) is 2. The summed E-state index contributed by atoms with van der Waals surface area (Å²) in [7, 11) is 1.65. The van der Waals surface area contributed by atoms with Gasteiger partial charge in [-0.15, -0.1) is 5.10 Å². The van der Waals surface area contributed by atoms with Gasteiger partial charge in [0.15, 0.2) is 0 Å². The van der Waals surface area contributed by atoms with Gasteiger partial charge < -0.3 is 4.74 Å². The maximum absolute atomic E-state index is 5.16. The lowest BCUT2D eigenvalue weighted by atomic mass is 10.1. The van der Waals surface area contributed by atoms with Gasteiger partial charge in [0.2, 0.25) is 5.88 Å². The van der Waals surface area contributed by atoms with E-state index in [1.165, 1.54) is 0 Å². The molecule has 0 atom stereocenters. The Kier molecular flexibility index (Phi) is 3.48. The monoisotopic (exact) mass is 406 g/mol. The van der Waals surface area contributed by atoms with Gasteiger partial charge in [-0.3, -0.25) is 0 Å². The van der Waals surface area contributed by atoms with E-state index in [-0.39, 0.29) is 5.54 Å². The maximum atomic E-state index is 5.16. The molecule has 0 saturated carbocycles. The van der Waals surface area contributed by atoms with Crippen LogP contribution in [0.25, 0.3) is 0 Å². The highest BCUT2D eigenvalue weighted by Crippen LogP contribution is 2.28. The van der Waals surface area contributed by atoms with E-state index < -0.39 is 0 Å². The Morgan fingerprint density at radius 1 is 1.31 bits per heavy atom. The number of ether oxygens (including phenoxy) is 1. The first-order valence-corrected chi connectivity index (χ1v) is 6.02. The molecule has 1 aromatic heterocycles. The molecule has 0 aromatic carbocycles. The average Bonchev–Trinajstić information content (AvgIpc) is 2.28. The summed E-state index contributed by atoms with van der Waals surface area (Å²) in [6.45, 7) is 6.37. The van der Waals surface area contributed by atoms with Crippen LogP contribution in [0, 0.1) is 7.27 Å². The predicted molar refractivity (Wildman–Crippen MR) is 69.2 cm³/mol. The quantitative estimate of drug-likeness (QED) is 0.672. The molecule has 0 fully saturated rings. The molecule has 1 aromatic rings. The van der Waals surface area contributed by atoms with Gasteiger partial charge in [0.25, 0.3) is 0 Å². The molecular formula is C8H12I2N2O. The first-order chi connectivity index (χ1) is 5.88. The van der Waals surface area contributed by atoms with Crippen LogP contribution in [0.1, 0.15) is 20.8 Å². The highest BCUT2D eigenvalue weighted by molar-refractivity contribution is 14.1. The standard InChI is InChI=1S/C8H12I2N2O/c1-8(2,3)12-6(10)5(9)7(11-12)13-4/h1-4H3. The highest BCUT2D eigenvalue weighted by atomic mass is 127. The lowest BCUT2D eigenvalue weighted by Gasteiger charge is -2.20. The van der Waals surface area contributed by atoms with Crippen molar-refractivity contribution in [3.05, 3.63) is 7.27 Å². The molecule has 0 radical (unpaired) electrons. The molecule has 1 heterocycles. The summed E-state index contributed by atoms with van der Waals surface area (Å²) in [5.41, 5.74) is 0.00717. The minimum absolute atomic E-state index is 0.00717. The second-order valence-electron chi connectivity index (χ2n) is 3.70. The van der Waals surface area contributed by atoms with Crippen LogP contribution in [0.4, 0.5) is 0 Å². The van der Waals surface area contributed by atoms with Crippen molar-refractivity contribution in [1.29, 1.82) is 0 Å². The van der Waals surface area contributed by atoms with Crippen LogP contribution in [-0.2, 0) is 5.54 Å². The molecule has 0 spiro atoms. The highest BCUT2D eigenvalue weighted by Gasteiger charge is 2.22. The Bertz CT molecular complexity index is 315. The molecule has 3 nitrogen and oxygen atoms in total. The summed E-state index contributed by atoms with van der Waals surface area (Å²) in [6.07, 6.45) is 0. The minimum atomic E-state index is 0.00717. The Balaban J connectivity index is 3.25. The van der Waals surface area contributed by atoms with Crippen molar-refractivity contribution in [2.75, 3.05) is 7.11 Å². The van der Waals surface area contributed by atoms with Gasteiger partial charge in [0.05, 0.1) is 12.6 Å². The topological polar surface area (TPSA) is 27.1 Å². The fourth-order valence-corrected chi connectivity index (χ4v) is 2.55. The van der Waals surface area contributed by atoms with Crippen molar-refractivity contribution in [3.8, 4) is 5.88 Å². The van der Waals surface area contributed by atoms with Crippen LogP contribution < -0.4 is 4.74 Å². The molecule has 0 saturated heterocycles. The molecule has 0 aliphatic heterocycles. The van der Waals surface area contributed by atoms with Gasteiger partial charge in [-0.05, 0) is 66.0 Å². The van der Waals surface area contributed by atoms with Gasteiger partial charge in [0, 0.05) is 0 Å². The minimum Gasteiger partial charge on any atom is -0.479 e. The van der Waals surface area contributed by atoms with Crippen LogP contribution in [-0.4, -0.2) is 16.9 Å². The first kappa shape index (κ1) is 11.5. The zero-order chi connectivity index (χ0) is 10.2. The maximum Gasteiger partial charge on any atom is 0.247 e. The summed E-state index contributed by atoms with van der Waals surface area (Å²) >= 11 is 4.54. The van der Waals surface area contributed by atoms with Crippen molar-refractivity contribution in [3.63, 3.8) is 0 Å². The largest absolute Gasteiger partial charge is 0.479 e. The molecule has 5 heteroatoms. The molecule has 74 valence electrons. The Hall–Kier alpha value is 0.470. The summed E-state index contributed by atoms with van der Waals surface area (Å²) < 4.78 is 9.34. The van der Waals surface area contributed by atoms with Crippen LogP contribution >= 0.6 is 45.2 Å². The number of methoxy groups -OCH3 is 1. The van der Waals surface area contributed by atoms with Crippen LogP contribution in [0.2, 0.25) is 0 Å². The fraction of sp³-hybridized carbons (Fsp3) is 0.625. The summed E-state index contributed by atoms with van der Waals surface area (Å²) in [6, 6.07) is 0. The van der Waals surface area contributed by atoms with Crippen LogP contribution in [0.3, 0.4) is 0 Å². The predicted octanol–water partition coefficient (Wildman–Crippen LogP) is 2.86. The molecular weight excluding hydrogens is 394 g/mol. The zero-order valence-corrected chi connectivity index (χ0v) is 12.4. The second kappa shape index (κ2) is 3.92. The Morgan fingerprint density at radius 2 is 1.85 bits per heavy atom. The molecule has 0 aliphatic carbocycles. The SMILES string of the molecule is COc1nn(C(C)(C)C)c(I)c1I. The van der Waals surface area contributed by atoms with E-state index in [0.29, 0.717) is 5.88 Å². The van der Waals surface area contributed by atoms with Crippen molar-refractivity contribution in [2.24, 2.45) is 0 Å². The number of aromatic nitrogens is 2. The number of nitrogens with zero attached hydrogens (tertiary/aromatic N) is 2. The van der Waals surface area contributed by atoms with Gasteiger partial charge >= 0.3 is 0 Å². The second-order valence-corrected chi connectivity index (χ2v) is 5.80. The van der Waals surface area contributed by atoms with Gasteiger partial charge in [0.1, 0.15) is 7.27 Å². The van der Waals surface area contributed by atoms with Gasteiger partial charge in [-0.2, -0.15) is 0 Å². The van der Waals surface area contributed by atoms with Gasteiger partial charge in [-0.25, -0.2) is 4.68 Å². The van der Waals surface area contributed by atoms with E-state index in [1.54, 1.807) is 7.11 Å². The normalized spacial score (nSPS) is 11.8. The summed E-state index contributed by atoms with van der Waals surface area (Å²) in [4.78, 5) is 0. The Labute approximate surface area is 106 Å². The number of hydrogen-bond donors (Lipinski definition) is 0. The van der Waals surface area contributed by atoms with Gasteiger partial charge in [-0.1, -0.05) is 0 Å². The first-order valence-electron chi connectivity index (χ1n) is 3.86. The third-order valence-electron chi connectivity index (χ3n) is 1.57. The third-order valence-corrected chi connectivity index (χ3v) is 4.58. The molecule has 0 bridgehead atoms. The van der Waals surface area contributed by atoms with Crippen molar-refractivity contribution >= 4 is 45.2 Å². The van der Waals surface area contributed by atoms with Crippen molar-refractivity contribution < 1.29 is 4.74 Å². The van der Waals surface area contributed by atoms with E-state index in [1.807, 2.05) is 4.68 Å². The third kappa shape index (κ3) is 2.28. The van der Waals surface area contributed by atoms with E-state index in [2.05, 4.69) is 71.1 Å². The molecule has 13 heavy (non-hydrogen) atoms. The van der Waals surface area contributed by atoms with E-state index in [0.717, 1.165) is 7.27 Å². The lowest BCUT2D eigenvalue weighted by Crippen LogP contribution is -2.24. The zero-order valence-electron chi connectivity index (χ0n) is 8.06. The molecule has 1 rings (SSSR count). The average molecular weight is 406 g/mol. The molecule has 0 amide bonds.